The average Bonchev–Trinajstić information content (AvgIpc) is 2.93. The summed E-state index contributed by atoms with van der Waals surface area (Å²) in [5, 5.41) is 3.28. The molecule has 2 rings (SSSR count). The van der Waals surface area contributed by atoms with E-state index in [-0.39, 0.29) is 5.97 Å². The van der Waals surface area contributed by atoms with Crippen LogP contribution in [0.25, 0.3) is 0 Å². The molecule has 1 aliphatic rings. The van der Waals surface area contributed by atoms with Gasteiger partial charge in [0.25, 0.3) is 0 Å². The Morgan fingerprint density at radius 1 is 1.42 bits per heavy atom. The second kappa shape index (κ2) is 6.43. The maximum absolute atomic E-state index is 11.5. The smallest absolute Gasteiger partial charge is 0.337 e. The zero-order valence-electron chi connectivity index (χ0n) is 11.3. The molecule has 1 heterocycles. The van der Waals surface area contributed by atoms with Crippen molar-refractivity contribution in [2.24, 2.45) is 0 Å². The van der Waals surface area contributed by atoms with Crippen LogP contribution in [-0.4, -0.2) is 44.2 Å². The molecule has 5 heteroatoms. The van der Waals surface area contributed by atoms with Crippen LogP contribution in [-0.2, 0) is 4.74 Å². The molecular weight excluding hydrogens is 242 g/mol. The molecule has 0 aromatic heterocycles. The van der Waals surface area contributed by atoms with Crippen molar-refractivity contribution in [3.8, 4) is 0 Å². The first-order chi connectivity index (χ1) is 9.20. The van der Waals surface area contributed by atoms with Crippen LogP contribution in [0.4, 0.5) is 11.4 Å². The second-order valence-corrected chi connectivity index (χ2v) is 4.77. The van der Waals surface area contributed by atoms with Gasteiger partial charge < -0.3 is 20.7 Å². The van der Waals surface area contributed by atoms with E-state index < -0.39 is 0 Å². The lowest BCUT2D eigenvalue weighted by atomic mass is 10.1. The SMILES string of the molecule is COC(=O)c1ccc(N)c(NCCN2CCCC2)c1. The number of esters is 1. The number of nitrogens with two attached hydrogens (primary N) is 1. The number of carbonyl (C=O) groups is 1. The second-order valence-electron chi connectivity index (χ2n) is 4.77. The largest absolute Gasteiger partial charge is 0.465 e. The summed E-state index contributed by atoms with van der Waals surface area (Å²) < 4.78 is 4.70. The Labute approximate surface area is 113 Å². The van der Waals surface area contributed by atoms with Gasteiger partial charge in [0.2, 0.25) is 0 Å². The van der Waals surface area contributed by atoms with Crippen molar-refractivity contribution in [3.63, 3.8) is 0 Å². The van der Waals surface area contributed by atoms with Crippen molar-refractivity contribution in [1.82, 2.24) is 4.90 Å². The Balaban J connectivity index is 1.92. The Kier molecular flexibility index (Phi) is 4.63. The Morgan fingerprint density at radius 3 is 2.84 bits per heavy atom. The zero-order valence-corrected chi connectivity index (χ0v) is 11.3. The lowest BCUT2D eigenvalue weighted by Gasteiger charge is -2.16. The first kappa shape index (κ1) is 13.7. The number of likely N-dealkylation sites (tertiary alicyclic amines) is 1. The minimum atomic E-state index is -0.345. The predicted molar refractivity (Wildman–Crippen MR) is 76.4 cm³/mol. The van der Waals surface area contributed by atoms with E-state index in [0.717, 1.165) is 18.8 Å². The number of nitrogen functional groups attached to an aromatic ring is 1. The number of hydrogen-bond acceptors (Lipinski definition) is 5. The fourth-order valence-electron chi connectivity index (χ4n) is 2.31. The highest BCUT2D eigenvalue weighted by molar-refractivity contribution is 5.91. The molecule has 0 saturated carbocycles. The molecule has 0 unspecified atom stereocenters. The predicted octanol–water partition coefficient (Wildman–Crippen LogP) is 1.56. The minimum Gasteiger partial charge on any atom is -0.465 e. The normalized spacial score (nSPS) is 15.4. The molecule has 0 spiro atoms. The molecule has 1 saturated heterocycles. The van der Waals surface area contributed by atoms with Crippen LogP contribution < -0.4 is 11.1 Å². The van der Waals surface area contributed by atoms with Crippen molar-refractivity contribution in [2.75, 3.05) is 44.3 Å². The topological polar surface area (TPSA) is 67.6 Å². The van der Waals surface area contributed by atoms with Gasteiger partial charge >= 0.3 is 5.97 Å². The molecule has 0 amide bonds. The van der Waals surface area contributed by atoms with Gasteiger partial charge in [0, 0.05) is 13.1 Å². The number of ether oxygens (including phenoxy) is 1. The molecule has 0 radical (unpaired) electrons. The highest BCUT2D eigenvalue weighted by atomic mass is 16.5. The van der Waals surface area contributed by atoms with Gasteiger partial charge in [0.05, 0.1) is 24.0 Å². The Morgan fingerprint density at radius 2 is 2.16 bits per heavy atom. The number of methoxy groups -OCH3 is 1. The molecule has 5 nitrogen and oxygen atoms in total. The third-order valence-electron chi connectivity index (χ3n) is 3.42. The van der Waals surface area contributed by atoms with Crippen LogP contribution in [0.3, 0.4) is 0 Å². The van der Waals surface area contributed by atoms with Crippen LogP contribution in [0.1, 0.15) is 23.2 Å². The van der Waals surface area contributed by atoms with Gasteiger partial charge in [-0.1, -0.05) is 0 Å². The monoisotopic (exact) mass is 263 g/mol. The van der Waals surface area contributed by atoms with Gasteiger partial charge in [-0.3, -0.25) is 0 Å². The van der Waals surface area contributed by atoms with Crippen molar-refractivity contribution < 1.29 is 9.53 Å². The van der Waals surface area contributed by atoms with Crippen LogP contribution in [0.2, 0.25) is 0 Å². The molecule has 104 valence electrons. The molecule has 0 atom stereocenters. The number of hydrogen-bond donors (Lipinski definition) is 2. The number of nitrogens with zero attached hydrogens (tertiary/aromatic N) is 1. The van der Waals surface area contributed by atoms with E-state index in [9.17, 15) is 4.79 Å². The third-order valence-corrected chi connectivity index (χ3v) is 3.42. The lowest BCUT2D eigenvalue weighted by Crippen LogP contribution is -2.26. The van der Waals surface area contributed by atoms with Crippen molar-refractivity contribution in [2.45, 2.75) is 12.8 Å². The fourth-order valence-corrected chi connectivity index (χ4v) is 2.31. The van der Waals surface area contributed by atoms with E-state index in [4.69, 9.17) is 10.5 Å². The Bertz CT molecular complexity index is 442. The first-order valence-electron chi connectivity index (χ1n) is 6.65. The molecule has 0 bridgehead atoms. The standard InChI is InChI=1S/C14H21N3O2/c1-19-14(18)11-4-5-12(15)13(10-11)16-6-9-17-7-2-3-8-17/h4-5,10,16H,2-3,6-9,15H2,1H3. The van der Waals surface area contributed by atoms with Gasteiger partial charge in [0.15, 0.2) is 0 Å². The van der Waals surface area contributed by atoms with Crippen LogP contribution in [0.5, 0.6) is 0 Å². The van der Waals surface area contributed by atoms with Gasteiger partial charge in [-0.05, 0) is 44.1 Å². The molecule has 3 N–H and O–H groups in total. The summed E-state index contributed by atoms with van der Waals surface area (Å²) in [6, 6.07) is 5.14. The zero-order chi connectivity index (χ0) is 13.7. The van der Waals surface area contributed by atoms with E-state index in [2.05, 4.69) is 10.2 Å². The van der Waals surface area contributed by atoms with Gasteiger partial charge in [0.1, 0.15) is 0 Å². The number of rotatable bonds is 5. The van der Waals surface area contributed by atoms with Gasteiger partial charge in [-0.25, -0.2) is 4.79 Å². The molecular formula is C14H21N3O2. The Hall–Kier alpha value is -1.75. The molecule has 1 aliphatic heterocycles. The van der Waals surface area contributed by atoms with Crippen molar-refractivity contribution in [3.05, 3.63) is 23.8 Å². The summed E-state index contributed by atoms with van der Waals surface area (Å²) in [6.45, 7) is 4.19. The van der Waals surface area contributed by atoms with E-state index >= 15 is 0 Å². The highest BCUT2D eigenvalue weighted by Crippen LogP contribution is 2.20. The maximum atomic E-state index is 11.5. The van der Waals surface area contributed by atoms with Gasteiger partial charge in [-0.2, -0.15) is 0 Å². The number of anilines is 2. The molecule has 1 aromatic rings. The number of benzene rings is 1. The van der Waals surface area contributed by atoms with E-state index in [1.54, 1.807) is 18.2 Å². The summed E-state index contributed by atoms with van der Waals surface area (Å²) in [4.78, 5) is 13.9. The maximum Gasteiger partial charge on any atom is 0.337 e. The highest BCUT2D eigenvalue weighted by Gasteiger charge is 2.11. The van der Waals surface area contributed by atoms with Crippen LogP contribution >= 0.6 is 0 Å². The number of nitrogens with one attached hydrogen (secondary N) is 1. The summed E-state index contributed by atoms with van der Waals surface area (Å²) in [5.74, 6) is -0.345. The quantitative estimate of drug-likeness (QED) is 0.623. The van der Waals surface area contributed by atoms with Crippen molar-refractivity contribution in [1.29, 1.82) is 0 Å². The molecule has 0 aliphatic carbocycles. The van der Waals surface area contributed by atoms with Crippen LogP contribution in [0, 0.1) is 0 Å². The summed E-state index contributed by atoms with van der Waals surface area (Å²) in [6.07, 6.45) is 2.58. The summed E-state index contributed by atoms with van der Waals surface area (Å²) >= 11 is 0. The van der Waals surface area contributed by atoms with Crippen LogP contribution in [0.15, 0.2) is 18.2 Å². The minimum absolute atomic E-state index is 0.345. The number of carbonyl (C=O) groups excluding carboxylic acids is 1. The lowest BCUT2D eigenvalue weighted by molar-refractivity contribution is 0.0601. The molecule has 1 aromatic carbocycles. The summed E-state index contributed by atoms with van der Waals surface area (Å²) in [5.41, 5.74) is 7.85. The van der Waals surface area contributed by atoms with E-state index in [1.165, 1.54) is 33.0 Å². The molecule has 1 fully saturated rings. The van der Waals surface area contributed by atoms with Crippen molar-refractivity contribution >= 4 is 17.3 Å². The molecule has 19 heavy (non-hydrogen) atoms. The van der Waals surface area contributed by atoms with E-state index in [0.29, 0.717) is 11.3 Å². The average molecular weight is 263 g/mol. The van der Waals surface area contributed by atoms with E-state index in [1.807, 2.05) is 0 Å². The summed E-state index contributed by atoms with van der Waals surface area (Å²) in [7, 11) is 1.37. The first-order valence-corrected chi connectivity index (χ1v) is 6.65. The van der Waals surface area contributed by atoms with Gasteiger partial charge in [-0.15, -0.1) is 0 Å². The third kappa shape index (κ3) is 3.61. The fraction of sp³-hybridized carbons (Fsp3) is 0.500.